The monoisotopic (exact) mass is 626 g/mol. The SMILES string of the molecule is CC(C)N1C(=O)c2ccccc2NS1(=O)=O.Cc1nn(-c2cc(NS(C)(=O)=O)c(Cl)cc2Cl)c(=O)n1C(F)F. The normalized spacial score (nSPS) is 14.5. The molecular formula is C21H22Cl2F2N6O6S2. The van der Waals surface area contributed by atoms with E-state index in [2.05, 4.69) is 14.5 Å². The van der Waals surface area contributed by atoms with Gasteiger partial charge in [-0.25, -0.2) is 22.1 Å². The predicted molar refractivity (Wildman–Crippen MR) is 143 cm³/mol. The number of anilines is 2. The Hall–Kier alpha value is -3.21. The lowest BCUT2D eigenvalue weighted by Gasteiger charge is -2.31. The van der Waals surface area contributed by atoms with Crippen LogP contribution in [0, 0.1) is 6.92 Å². The largest absolute Gasteiger partial charge is 0.355 e. The van der Waals surface area contributed by atoms with Crippen LogP contribution in [0.2, 0.25) is 10.0 Å². The first kappa shape index (κ1) is 30.3. The van der Waals surface area contributed by atoms with Crippen LogP contribution in [0.4, 0.5) is 20.2 Å². The van der Waals surface area contributed by atoms with Crippen molar-refractivity contribution in [3.63, 3.8) is 0 Å². The van der Waals surface area contributed by atoms with Crippen molar-refractivity contribution in [2.75, 3.05) is 15.7 Å². The van der Waals surface area contributed by atoms with Crippen LogP contribution in [0.3, 0.4) is 0 Å². The van der Waals surface area contributed by atoms with E-state index in [0.29, 0.717) is 15.9 Å². The molecule has 212 valence electrons. The Bertz CT molecular complexity index is 1710. The molecule has 18 heteroatoms. The van der Waals surface area contributed by atoms with Crippen LogP contribution < -0.4 is 15.1 Å². The molecule has 2 heterocycles. The molecule has 2 N–H and O–H groups in total. The van der Waals surface area contributed by atoms with Gasteiger partial charge in [-0.1, -0.05) is 35.3 Å². The maximum absolute atomic E-state index is 12.8. The van der Waals surface area contributed by atoms with Crippen molar-refractivity contribution >= 4 is 60.7 Å². The van der Waals surface area contributed by atoms with E-state index in [1.165, 1.54) is 13.0 Å². The highest BCUT2D eigenvalue weighted by atomic mass is 35.5. The standard InChI is InChI=1S/C11H10Cl2F2N4O3S.C10H12N2O3S/c1-5-16-19(11(20)18(5)10(14)15)9-4-8(17-23(2,21)22)6(12)3-7(9)13;1-7(2)12-10(13)8-5-3-4-6-9(8)11-16(12,14)15/h3-4,10,17H,1-2H3;3-7,11H,1-2H3. The van der Waals surface area contributed by atoms with Crippen molar-refractivity contribution in [2.24, 2.45) is 0 Å². The number of aromatic nitrogens is 3. The number of hydrogen-bond acceptors (Lipinski definition) is 7. The van der Waals surface area contributed by atoms with Crippen LogP contribution in [-0.4, -0.2) is 53.7 Å². The summed E-state index contributed by atoms with van der Waals surface area (Å²) in [5.74, 6) is -0.710. The summed E-state index contributed by atoms with van der Waals surface area (Å²) in [7, 11) is -7.40. The second-order valence-corrected chi connectivity index (χ2v) is 12.5. The van der Waals surface area contributed by atoms with E-state index in [1.54, 1.807) is 38.1 Å². The zero-order valence-corrected chi connectivity index (χ0v) is 23.8. The molecule has 2 aromatic carbocycles. The molecule has 0 unspecified atom stereocenters. The number of para-hydroxylation sites is 1. The number of carbonyl (C=O) groups excluding carboxylic acids is 1. The van der Waals surface area contributed by atoms with Crippen molar-refractivity contribution in [1.82, 2.24) is 18.7 Å². The van der Waals surface area contributed by atoms with E-state index < -0.39 is 44.4 Å². The minimum Gasteiger partial charge on any atom is -0.282 e. The van der Waals surface area contributed by atoms with Crippen LogP contribution in [0.1, 0.15) is 36.6 Å². The van der Waals surface area contributed by atoms with E-state index in [-0.39, 0.29) is 31.8 Å². The molecule has 0 bridgehead atoms. The first-order valence-corrected chi connectivity index (χ1v) is 14.9. The third-order valence-electron chi connectivity index (χ3n) is 5.06. The molecule has 1 aliphatic rings. The van der Waals surface area contributed by atoms with Gasteiger partial charge in [-0.3, -0.25) is 14.2 Å². The number of aryl methyl sites for hydroxylation is 1. The van der Waals surface area contributed by atoms with Crippen LogP contribution in [0.15, 0.2) is 41.2 Å². The average molecular weight is 627 g/mol. The van der Waals surface area contributed by atoms with Gasteiger partial charge in [-0.05, 0) is 45.0 Å². The minimum atomic E-state index is -3.75. The summed E-state index contributed by atoms with van der Waals surface area (Å²) < 4.78 is 78.1. The quantitative estimate of drug-likeness (QED) is 0.438. The fourth-order valence-corrected chi connectivity index (χ4v) is 6.08. The molecule has 0 radical (unpaired) electrons. The summed E-state index contributed by atoms with van der Waals surface area (Å²) in [6.07, 6.45) is 0.902. The van der Waals surface area contributed by atoms with Crippen molar-refractivity contribution < 1.29 is 30.4 Å². The second-order valence-electron chi connectivity index (χ2n) is 8.39. The second kappa shape index (κ2) is 11.1. The Morgan fingerprint density at radius 3 is 2.23 bits per heavy atom. The van der Waals surface area contributed by atoms with Crippen LogP contribution in [0.5, 0.6) is 0 Å². The van der Waals surface area contributed by atoms with Crippen molar-refractivity contribution in [2.45, 2.75) is 33.4 Å². The summed E-state index contributed by atoms with van der Waals surface area (Å²) >= 11 is 11.8. The molecule has 1 aliphatic heterocycles. The molecule has 0 atom stereocenters. The van der Waals surface area contributed by atoms with Crippen molar-refractivity contribution in [3.8, 4) is 5.69 Å². The topological polar surface area (TPSA) is 152 Å². The van der Waals surface area contributed by atoms with Gasteiger partial charge < -0.3 is 0 Å². The number of amides is 1. The van der Waals surface area contributed by atoms with Gasteiger partial charge >= 0.3 is 22.4 Å². The van der Waals surface area contributed by atoms with E-state index in [9.17, 15) is 35.2 Å². The van der Waals surface area contributed by atoms with Gasteiger partial charge in [-0.15, -0.1) is 5.10 Å². The lowest BCUT2D eigenvalue weighted by Crippen LogP contribution is -2.48. The smallest absolute Gasteiger partial charge is 0.282 e. The number of fused-ring (bicyclic) bond motifs is 1. The predicted octanol–water partition coefficient (Wildman–Crippen LogP) is 3.62. The highest BCUT2D eigenvalue weighted by Crippen LogP contribution is 2.31. The average Bonchev–Trinajstić information content (AvgIpc) is 3.08. The molecule has 0 fully saturated rings. The molecule has 1 aromatic heterocycles. The Morgan fingerprint density at radius 2 is 1.69 bits per heavy atom. The summed E-state index contributed by atoms with van der Waals surface area (Å²) in [6, 6.07) is 8.47. The first-order chi connectivity index (χ1) is 17.9. The Labute approximate surface area is 232 Å². The summed E-state index contributed by atoms with van der Waals surface area (Å²) in [5, 5.41) is 3.63. The molecule has 0 aliphatic carbocycles. The molecule has 0 spiro atoms. The number of alkyl halides is 2. The van der Waals surface area contributed by atoms with E-state index in [0.717, 1.165) is 16.6 Å². The number of nitrogens with one attached hydrogen (secondary N) is 2. The van der Waals surface area contributed by atoms with Gasteiger partial charge in [0.2, 0.25) is 10.0 Å². The van der Waals surface area contributed by atoms with Gasteiger partial charge in [0.05, 0.1) is 38.9 Å². The van der Waals surface area contributed by atoms with Crippen LogP contribution in [-0.2, 0) is 20.2 Å². The molecular weight excluding hydrogens is 605 g/mol. The van der Waals surface area contributed by atoms with Crippen molar-refractivity contribution in [1.29, 1.82) is 0 Å². The Morgan fingerprint density at radius 1 is 1.08 bits per heavy atom. The van der Waals surface area contributed by atoms with Gasteiger partial charge in [0.1, 0.15) is 5.82 Å². The third-order valence-corrected chi connectivity index (χ3v) is 7.85. The molecule has 0 saturated carbocycles. The van der Waals surface area contributed by atoms with Crippen LogP contribution in [0.25, 0.3) is 5.69 Å². The fourth-order valence-electron chi connectivity index (χ4n) is 3.52. The number of rotatable bonds is 5. The number of nitrogens with zero attached hydrogens (tertiary/aromatic N) is 4. The maximum atomic E-state index is 12.8. The number of halogens is 4. The fraction of sp³-hybridized carbons (Fsp3) is 0.286. The molecule has 0 saturated heterocycles. The van der Waals surface area contributed by atoms with E-state index in [4.69, 9.17) is 23.2 Å². The lowest BCUT2D eigenvalue weighted by molar-refractivity contribution is 0.0640. The molecule has 12 nitrogen and oxygen atoms in total. The van der Waals surface area contributed by atoms with Crippen LogP contribution >= 0.6 is 23.2 Å². The number of sulfonamides is 1. The van der Waals surface area contributed by atoms with E-state index in [1.807, 2.05) is 0 Å². The Balaban J connectivity index is 0.000000230. The number of hydrogen-bond donors (Lipinski definition) is 2. The highest BCUT2D eigenvalue weighted by molar-refractivity contribution is 7.92. The first-order valence-electron chi connectivity index (χ1n) is 10.8. The maximum Gasteiger partial charge on any atom is 0.355 e. The van der Waals surface area contributed by atoms with E-state index >= 15 is 0 Å². The minimum absolute atomic E-state index is 0.0257. The molecule has 3 aromatic rings. The summed E-state index contributed by atoms with van der Waals surface area (Å²) in [4.78, 5) is 24.0. The summed E-state index contributed by atoms with van der Waals surface area (Å²) in [5.41, 5.74) is -0.554. The lowest BCUT2D eigenvalue weighted by atomic mass is 10.1. The summed E-state index contributed by atoms with van der Waals surface area (Å²) in [6.45, 7) is 1.47. The van der Waals surface area contributed by atoms with Gasteiger partial charge in [-0.2, -0.15) is 21.9 Å². The number of benzene rings is 2. The highest BCUT2D eigenvalue weighted by Gasteiger charge is 2.36. The van der Waals surface area contributed by atoms with Gasteiger partial charge in [0.15, 0.2) is 0 Å². The zero-order chi connectivity index (χ0) is 29.4. The zero-order valence-electron chi connectivity index (χ0n) is 20.7. The Kier molecular flexibility index (Phi) is 8.64. The molecule has 39 heavy (non-hydrogen) atoms. The number of carbonyl (C=O) groups is 1. The molecule has 4 rings (SSSR count). The van der Waals surface area contributed by atoms with Gasteiger partial charge in [0.25, 0.3) is 5.91 Å². The third kappa shape index (κ3) is 6.51. The van der Waals surface area contributed by atoms with Gasteiger partial charge in [0, 0.05) is 6.04 Å². The van der Waals surface area contributed by atoms with Crippen molar-refractivity contribution in [3.05, 3.63) is 68.3 Å². The molecule has 1 amide bonds.